The number of likely N-dealkylation sites (N-methyl/N-ethyl adjacent to an activating group) is 1. The van der Waals surface area contributed by atoms with Gasteiger partial charge in [0.1, 0.15) is 11.9 Å². The van der Waals surface area contributed by atoms with E-state index < -0.39 is 0 Å². The molecule has 0 aromatic heterocycles. The van der Waals surface area contributed by atoms with Gasteiger partial charge >= 0.3 is 6.03 Å². The zero-order chi connectivity index (χ0) is 25.0. The predicted molar refractivity (Wildman–Crippen MR) is 130 cm³/mol. The summed E-state index contributed by atoms with van der Waals surface area (Å²) in [6, 6.07) is 4.82. The van der Waals surface area contributed by atoms with E-state index in [0.29, 0.717) is 30.1 Å². The van der Waals surface area contributed by atoms with Crippen molar-refractivity contribution in [2.45, 2.75) is 65.1 Å². The molecule has 0 bridgehead atoms. The molecule has 1 aliphatic carbocycles. The summed E-state index contributed by atoms with van der Waals surface area (Å²) >= 11 is 0. The molecular formula is C25H38N4O5. The van der Waals surface area contributed by atoms with Crippen molar-refractivity contribution in [2.24, 2.45) is 11.8 Å². The molecule has 1 heterocycles. The topological polar surface area (TPSA) is 111 Å². The number of aliphatic hydroxyl groups excluding tert-OH is 1. The van der Waals surface area contributed by atoms with Gasteiger partial charge in [-0.25, -0.2) is 4.79 Å². The number of fused-ring (bicyclic) bond motifs is 1. The van der Waals surface area contributed by atoms with Crippen molar-refractivity contribution in [3.63, 3.8) is 0 Å². The lowest BCUT2D eigenvalue weighted by molar-refractivity contribution is -0.134. The Bertz CT molecular complexity index is 901. The Kier molecular flexibility index (Phi) is 8.41. The third-order valence-corrected chi connectivity index (χ3v) is 6.34. The van der Waals surface area contributed by atoms with E-state index in [9.17, 15) is 19.5 Å². The monoisotopic (exact) mass is 474 g/mol. The van der Waals surface area contributed by atoms with E-state index in [2.05, 4.69) is 10.6 Å². The molecular weight excluding hydrogens is 436 g/mol. The highest BCUT2D eigenvalue weighted by molar-refractivity contribution is 5.94. The molecule has 4 amide bonds. The average molecular weight is 475 g/mol. The van der Waals surface area contributed by atoms with Crippen molar-refractivity contribution >= 4 is 23.5 Å². The quantitative estimate of drug-likeness (QED) is 0.561. The van der Waals surface area contributed by atoms with Crippen molar-refractivity contribution in [3.8, 4) is 5.75 Å². The molecule has 1 aromatic carbocycles. The standard InChI is InChI=1S/C25H38N4O5/c1-15(2)26-25(33)28(5)13-22-16(3)12-29(17(4)14-30)23(31)11-19-10-20(8-9-21(19)34-22)27-24(32)18-6-7-18/h8-10,15-18,22,30H,6-7,11-14H2,1-5H3,(H,26,33)(H,27,32)/t16-,17+,22+/m1/s1. The number of nitrogens with zero attached hydrogens (tertiary/aromatic N) is 2. The van der Waals surface area contributed by atoms with Crippen LogP contribution in [-0.4, -0.2) is 77.7 Å². The lowest BCUT2D eigenvalue weighted by Crippen LogP contribution is -2.49. The van der Waals surface area contributed by atoms with Crippen LogP contribution in [-0.2, 0) is 16.0 Å². The maximum Gasteiger partial charge on any atom is 0.317 e. The highest BCUT2D eigenvalue weighted by Gasteiger charge is 2.33. The van der Waals surface area contributed by atoms with Crippen LogP contribution in [0.4, 0.5) is 10.5 Å². The van der Waals surface area contributed by atoms with Crippen LogP contribution in [0.25, 0.3) is 0 Å². The van der Waals surface area contributed by atoms with Gasteiger partial charge in [-0.3, -0.25) is 9.59 Å². The van der Waals surface area contributed by atoms with Crippen LogP contribution in [0.15, 0.2) is 18.2 Å². The van der Waals surface area contributed by atoms with Crippen molar-refractivity contribution < 1.29 is 24.2 Å². The maximum absolute atomic E-state index is 13.2. The number of nitrogens with one attached hydrogen (secondary N) is 2. The van der Waals surface area contributed by atoms with Gasteiger partial charge in [0.15, 0.2) is 0 Å². The second-order valence-corrected chi connectivity index (χ2v) is 9.96. The fourth-order valence-corrected chi connectivity index (χ4v) is 4.03. The molecule has 3 atom stereocenters. The Balaban J connectivity index is 1.89. The molecule has 0 spiro atoms. The van der Waals surface area contributed by atoms with Crippen LogP contribution >= 0.6 is 0 Å². The van der Waals surface area contributed by atoms with Gasteiger partial charge in [-0.1, -0.05) is 6.92 Å². The van der Waals surface area contributed by atoms with Gasteiger partial charge < -0.3 is 30.3 Å². The van der Waals surface area contributed by atoms with Gasteiger partial charge in [0.05, 0.1) is 25.6 Å². The molecule has 1 aromatic rings. The summed E-state index contributed by atoms with van der Waals surface area (Å²) in [5, 5.41) is 15.6. The SMILES string of the molecule is CC(C)NC(=O)N(C)C[C@@H]1Oc2ccc(NC(=O)C3CC3)cc2CC(=O)N([C@@H](C)CO)C[C@H]1C. The molecule has 188 valence electrons. The maximum atomic E-state index is 13.2. The molecule has 3 rings (SSSR count). The van der Waals surface area contributed by atoms with Gasteiger partial charge in [0.2, 0.25) is 11.8 Å². The Morgan fingerprint density at radius 3 is 2.59 bits per heavy atom. The van der Waals surface area contributed by atoms with Gasteiger partial charge in [0.25, 0.3) is 0 Å². The van der Waals surface area contributed by atoms with Crippen LogP contribution in [0.5, 0.6) is 5.75 Å². The lowest BCUT2D eigenvalue weighted by Gasteiger charge is -2.34. The van der Waals surface area contributed by atoms with Crippen molar-refractivity contribution in [1.29, 1.82) is 0 Å². The summed E-state index contributed by atoms with van der Waals surface area (Å²) in [4.78, 5) is 41.2. The van der Waals surface area contributed by atoms with E-state index in [1.54, 1.807) is 35.0 Å². The van der Waals surface area contributed by atoms with Crippen molar-refractivity contribution in [3.05, 3.63) is 23.8 Å². The highest BCUT2D eigenvalue weighted by Crippen LogP contribution is 2.32. The van der Waals surface area contributed by atoms with Gasteiger partial charge in [-0.15, -0.1) is 0 Å². The first-order valence-electron chi connectivity index (χ1n) is 12.1. The van der Waals surface area contributed by atoms with E-state index in [-0.39, 0.29) is 60.9 Å². The molecule has 3 N–H and O–H groups in total. The van der Waals surface area contributed by atoms with Crippen LogP contribution < -0.4 is 15.4 Å². The fraction of sp³-hybridized carbons (Fsp3) is 0.640. The molecule has 9 heteroatoms. The Hall–Kier alpha value is -2.81. The largest absolute Gasteiger partial charge is 0.488 e. The summed E-state index contributed by atoms with van der Waals surface area (Å²) in [6.07, 6.45) is 1.52. The Labute approximate surface area is 201 Å². The second-order valence-electron chi connectivity index (χ2n) is 9.96. The molecule has 1 aliphatic heterocycles. The number of ether oxygens (including phenoxy) is 1. The minimum Gasteiger partial charge on any atom is -0.488 e. The van der Waals surface area contributed by atoms with E-state index in [1.165, 1.54) is 0 Å². The predicted octanol–water partition coefficient (Wildman–Crippen LogP) is 2.23. The number of carbonyl (C=O) groups excluding carboxylic acids is 3. The minimum absolute atomic E-state index is 0.00456. The first-order chi connectivity index (χ1) is 16.1. The highest BCUT2D eigenvalue weighted by atomic mass is 16.5. The van der Waals surface area contributed by atoms with E-state index >= 15 is 0 Å². The second kappa shape index (κ2) is 11.1. The molecule has 0 radical (unpaired) electrons. The summed E-state index contributed by atoms with van der Waals surface area (Å²) in [6.45, 7) is 8.18. The number of urea groups is 1. The number of benzene rings is 1. The van der Waals surface area contributed by atoms with Crippen LogP contribution in [0.1, 0.15) is 46.1 Å². The summed E-state index contributed by atoms with van der Waals surface area (Å²) in [5.41, 5.74) is 1.30. The third kappa shape index (κ3) is 6.62. The van der Waals surface area contributed by atoms with Gasteiger partial charge in [0, 0.05) is 42.7 Å². The van der Waals surface area contributed by atoms with Crippen LogP contribution in [0.3, 0.4) is 0 Å². The zero-order valence-electron chi connectivity index (χ0n) is 20.8. The molecule has 0 unspecified atom stereocenters. The van der Waals surface area contributed by atoms with Crippen molar-refractivity contribution in [1.82, 2.24) is 15.1 Å². The molecule has 34 heavy (non-hydrogen) atoms. The van der Waals surface area contributed by atoms with E-state index in [4.69, 9.17) is 4.74 Å². The smallest absolute Gasteiger partial charge is 0.317 e. The number of carbonyl (C=O) groups is 3. The lowest BCUT2D eigenvalue weighted by atomic mass is 10.0. The van der Waals surface area contributed by atoms with Crippen LogP contribution in [0, 0.1) is 11.8 Å². The third-order valence-electron chi connectivity index (χ3n) is 6.34. The summed E-state index contributed by atoms with van der Waals surface area (Å²) in [5.74, 6) is 0.408. The first-order valence-corrected chi connectivity index (χ1v) is 12.1. The molecule has 1 saturated carbocycles. The summed E-state index contributed by atoms with van der Waals surface area (Å²) < 4.78 is 6.41. The number of aliphatic hydroxyl groups is 1. The number of anilines is 1. The average Bonchev–Trinajstić information content (AvgIpc) is 3.62. The molecule has 9 nitrogen and oxygen atoms in total. The minimum atomic E-state index is -0.382. The first kappa shape index (κ1) is 25.8. The zero-order valence-corrected chi connectivity index (χ0v) is 20.8. The fourth-order valence-electron chi connectivity index (χ4n) is 4.03. The number of hydrogen-bond acceptors (Lipinski definition) is 5. The normalized spacial score (nSPS) is 21.5. The molecule has 1 fully saturated rings. The number of rotatable bonds is 7. The van der Waals surface area contributed by atoms with E-state index in [1.807, 2.05) is 27.7 Å². The molecule has 2 aliphatic rings. The number of hydrogen-bond donors (Lipinski definition) is 3. The van der Waals surface area contributed by atoms with Gasteiger partial charge in [-0.05, 0) is 51.8 Å². The van der Waals surface area contributed by atoms with Crippen LogP contribution in [0.2, 0.25) is 0 Å². The summed E-state index contributed by atoms with van der Waals surface area (Å²) in [7, 11) is 1.72. The van der Waals surface area contributed by atoms with Crippen molar-refractivity contribution in [2.75, 3.05) is 32.1 Å². The van der Waals surface area contributed by atoms with Gasteiger partial charge in [-0.2, -0.15) is 0 Å². The molecule has 0 saturated heterocycles. The Morgan fingerprint density at radius 2 is 1.97 bits per heavy atom. The van der Waals surface area contributed by atoms with E-state index in [0.717, 1.165) is 12.8 Å². The Morgan fingerprint density at radius 1 is 1.26 bits per heavy atom. The number of amides is 4.